The number of aromatic nitrogens is 2. The first-order valence-corrected chi connectivity index (χ1v) is 6.74. The molecule has 1 unspecified atom stereocenters. The van der Waals surface area contributed by atoms with E-state index >= 15 is 0 Å². The van der Waals surface area contributed by atoms with Gasteiger partial charge < -0.3 is 5.73 Å². The molecule has 0 radical (unpaired) electrons. The Balaban J connectivity index is 2.30. The Morgan fingerprint density at radius 3 is 2.21 bits per heavy atom. The fourth-order valence-electron chi connectivity index (χ4n) is 2.21. The molecule has 2 rings (SSSR count). The van der Waals surface area contributed by atoms with Crippen LogP contribution < -0.4 is 5.73 Å². The van der Waals surface area contributed by atoms with Crippen LogP contribution in [0.2, 0.25) is 0 Å². The quantitative estimate of drug-likeness (QED) is 0.918. The summed E-state index contributed by atoms with van der Waals surface area (Å²) in [6, 6.07) is 10.8. The molecule has 0 aliphatic heterocycles. The van der Waals surface area contributed by atoms with E-state index in [1.54, 1.807) is 0 Å². The second-order valence-corrected chi connectivity index (χ2v) is 6.06. The Labute approximate surface area is 115 Å². The van der Waals surface area contributed by atoms with Crippen LogP contribution in [-0.4, -0.2) is 16.3 Å². The first kappa shape index (κ1) is 13.8. The van der Waals surface area contributed by atoms with Gasteiger partial charge in [-0.1, -0.05) is 45.0 Å². The normalized spacial score (nSPS) is 13.5. The zero-order valence-corrected chi connectivity index (χ0v) is 12.2. The van der Waals surface area contributed by atoms with Crippen molar-refractivity contribution in [3.05, 3.63) is 53.3 Å². The van der Waals surface area contributed by atoms with Gasteiger partial charge in [-0.25, -0.2) is 0 Å². The van der Waals surface area contributed by atoms with Gasteiger partial charge in [0.15, 0.2) is 0 Å². The van der Waals surface area contributed by atoms with Crippen LogP contribution in [0.1, 0.15) is 43.6 Å². The van der Waals surface area contributed by atoms with Crippen LogP contribution in [0.5, 0.6) is 0 Å². The van der Waals surface area contributed by atoms with Crippen molar-refractivity contribution in [1.29, 1.82) is 0 Å². The molecule has 2 aromatic rings. The minimum Gasteiger partial charge on any atom is -0.328 e. The predicted molar refractivity (Wildman–Crippen MR) is 79.3 cm³/mol. The van der Waals surface area contributed by atoms with Crippen molar-refractivity contribution in [2.45, 2.75) is 39.2 Å². The average Bonchev–Trinajstić information content (AvgIpc) is 2.76. The van der Waals surface area contributed by atoms with Gasteiger partial charge >= 0.3 is 0 Å². The van der Waals surface area contributed by atoms with E-state index in [0.717, 1.165) is 5.69 Å². The fraction of sp³-hybridized carbons (Fsp3) is 0.438. The molecule has 0 amide bonds. The Morgan fingerprint density at radius 1 is 1.16 bits per heavy atom. The summed E-state index contributed by atoms with van der Waals surface area (Å²) >= 11 is 0. The number of nitrogens with two attached hydrogens (primary N) is 1. The van der Waals surface area contributed by atoms with Crippen molar-refractivity contribution >= 4 is 0 Å². The number of hydrogen-bond donors (Lipinski definition) is 1. The first-order valence-electron chi connectivity index (χ1n) is 6.74. The summed E-state index contributed by atoms with van der Waals surface area (Å²) in [5.41, 5.74) is 9.65. The minimum atomic E-state index is 0.114. The molecule has 0 spiro atoms. The summed E-state index contributed by atoms with van der Waals surface area (Å²) in [6.07, 6.45) is 1.99. The Kier molecular flexibility index (Phi) is 3.76. The first-order chi connectivity index (χ1) is 8.91. The van der Waals surface area contributed by atoms with Gasteiger partial charge in [0, 0.05) is 12.7 Å². The van der Waals surface area contributed by atoms with Gasteiger partial charge in [-0.15, -0.1) is 0 Å². The van der Waals surface area contributed by atoms with Gasteiger partial charge in [0.2, 0.25) is 0 Å². The summed E-state index contributed by atoms with van der Waals surface area (Å²) in [7, 11) is 0. The van der Waals surface area contributed by atoms with E-state index in [4.69, 9.17) is 5.73 Å². The number of rotatable bonds is 3. The second-order valence-electron chi connectivity index (χ2n) is 6.06. The molecule has 0 saturated carbocycles. The smallest absolute Gasteiger partial charge is 0.0890 e. The van der Waals surface area contributed by atoms with Gasteiger partial charge in [-0.2, -0.15) is 5.10 Å². The molecule has 1 heterocycles. The summed E-state index contributed by atoms with van der Waals surface area (Å²) in [4.78, 5) is 0. The second kappa shape index (κ2) is 5.17. The number of nitrogens with zero attached hydrogens (tertiary/aromatic N) is 2. The lowest BCUT2D eigenvalue weighted by molar-refractivity contribution is 0.527. The van der Waals surface area contributed by atoms with Crippen LogP contribution in [0.25, 0.3) is 0 Å². The van der Waals surface area contributed by atoms with Crippen molar-refractivity contribution in [2.75, 3.05) is 6.54 Å². The Bertz CT molecular complexity index is 532. The van der Waals surface area contributed by atoms with E-state index in [1.165, 1.54) is 11.1 Å². The monoisotopic (exact) mass is 257 g/mol. The lowest BCUT2D eigenvalue weighted by Gasteiger charge is -2.21. The standard InChI is InChI=1S/C16H23N3/c1-12-9-10-19(18-12)15(11-17)13-5-7-14(8-6-13)16(2,3)4/h5-10,15H,11,17H2,1-4H3. The van der Waals surface area contributed by atoms with Crippen LogP contribution in [0.4, 0.5) is 0 Å². The average molecular weight is 257 g/mol. The van der Waals surface area contributed by atoms with Gasteiger partial charge in [0.1, 0.15) is 0 Å². The lowest BCUT2D eigenvalue weighted by Crippen LogP contribution is -2.21. The molecule has 3 nitrogen and oxygen atoms in total. The molecule has 0 aliphatic rings. The summed E-state index contributed by atoms with van der Waals surface area (Å²) in [6.45, 7) is 9.21. The molecule has 2 N–H and O–H groups in total. The van der Waals surface area contributed by atoms with Crippen LogP contribution in [0.3, 0.4) is 0 Å². The van der Waals surface area contributed by atoms with Crippen molar-refractivity contribution in [3.8, 4) is 0 Å². The van der Waals surface area contributed by atoms with E-state index in [-0.39, 0.29) is 11.5 Å². The number of benzene rings is 1. The van der Waals surface area contributed by atoms with Crippen molar-refractivity contribution < 1.29 is 0 Å². The third-order valence-electron chi connectivity index (χ3n) is 3.45. The highest BCUT2D eigenvalue weighted by atomic mass is 15.3. The topological polar surface area (TPSA) is 43.8 Å². The fourth-order valence-corrected chi connectivity index (χ4v) is 2.21. The van der Waals surface area contributed by atoms with Crippen molar-refractivity contribution in [3.63, 3.8) is 0 Å². The molecule has 1 aromatic heterocycles. The number of aryl methyl sites for hydroxylation is 1. The molecule has 0 aliphatic carbocycles. The van der Waals surface area contributed by atoms with Gasteiger partial charge in [0.25, 0.3) is 0 Å². The highest BCUT2D eigenvalue weighted by Gasteiger charge is 2.16. The van der Waals surface area contributed by atoms with E-state index < -0.39 is 0 Å². The van der Waals surface area contributed by atoms with Crippen molar-refractivity contribution in [1.82, 2.24) is 9.78 Å². The van der Waals surface area contributed by atoms with Gasteiger partial charge in [0.05, 0.1) is 11.7 Å². The van der Waals surface area contributed by atoms with E-state index in [0.29, 0.717) is 6.54 Å². The Hall–Kier alpha value is -1.61. The highest BCUT2D eigenvalue weighted by Crippen LogP contribution is 2.24. The van der Waals surface area contributed by atoms with E-state index in [1.807, 2.05) is 23.9 Å². The summed E-state index contributed by atoms with van der Waals surface area (Å²) in [5, 5.41) is 4.47. The molecule has 0 fully saturated rings. The maximum atomic E-state index is 5.91. The van der Waals surface area contributed by atoms with Crippen LogP contribution in [0, 0.1) is 6.92 Å². The summed E-state index contributed by atoms with van der Waals surface area (Å²) in [5.74, 6) is 0. The predicted octanol–water partition coefficient (Wildman–Crippen LogP) is 3.04. The number of hydrogen-bond acceptors (Lipinski definition) is 2. The van der Waals surface area contributed by atoms with Crippen LogP contribution in [0.15, 0.2) is 36.5 Å². The molecule has 19 heavy (non-hydrogen) atoms. The Morgan fingerprint density at radius 2 is 1.79 bits per heavy atom. The maximum Gasteiger partial charge on any atom is 0.0890 e. The molecular weight excluding hydrogens is 234 g/mol. The van der Waals surface area contributed by atoms with Crippen LogP contribution >= 0.6 is 0 Å². The zero-order valence-electron chi connectivity index (χ0n) is 12.2. The molecular formula is C16H23N3. The minimum absolute atomic E-state index is 0.114. The molecule has 0 bridgehead atoms. The zero-order chi connectivity index (χ0) is 14.0. The molecule has 0 saturated heterocycles. The molecule has 1 atom stereocenters. The van der Waals surface area contributed by atoms with Crippen molar-refractivity contribution in [2.24, 2.45) is 5.73 Å². The molecule has 1 aromatic carbocycles. The van der Waals surface area contributed by atoms with Gasteiger partial charge in [-0.3, -0.25) is 4.68 Å². The van der Waals surface area contributed by atoms with Crippen LogP contribution in [-0.2, 0) is 5.41 Å². The largest absolute Gasteiger partial charge is 0.328 e. The lowest BCUT2D eigenvalue weighted by atomic mass is 9.86. The molecule has 3 heteroatoms. The molecule has 102 valence electrons. The van der Waals surface area contributed by atoms with E-state index in [9.17, 15) is 0 Å². The maximum absolute atomic E-state index is 5.91. The SMILES string of the molecule is Cc1ccn(C(CN)c2ccc(C(C)(C)C)cc2)n1. The van der Waals surface area contributed by atoms with E-state index in [2.05, 4.69) is 50.1 Å². The van der Waals surface area contributed by atoms with Gasteiger partial charge in [-0.05, 0) is 29.5 Å². The highest BCUT2D eigenvalue weighted by molar-refractivity contribution is 5.29. The summed E-state index contributed by atoms with van der Waals surface area (Å²) < 4.78 is 1.95. The third-order valence-corrected chi connectivity index (χ3v) is 3.45. The third kappa shape index (κ3) is 3.04.